The van der Waals surface area contributed by atoms with Crippen LogP contribution >= 0.6 is 0 Å². The van der Waals surface area contributed by atoms with Gasteiger partial charge in [-0.2, -0.15) is 0 Å². The van der Waals surface area contributed by atoms with Crippen LogP contribution in [0.1, 0.15) is 0 Å². The summed E-state index contributed by atoms with van der Waals surface area (Å²) in [5.74, 6) is 0. The van der Waals surface area contributed by atoms with Crippen LogP contribution in [0.4, 0.5) is 0 Å². The summed E-state index contributed by atoms with van der Waals surface area (Å²) in [6.07, 6.45) is 1.11. The molecule has 0 aliphatic heterocycles. The lowest BCUT2D eigenvalue weighted by molar-refractivity contribution is 0.390. The molecule has 0 saturated heterocycles. The lowest BCUT2D eigenvalue weighted by atomic mass is 11.6. The molecule has 0 aromatic heterocycles. The van der Waals surface area contributed by atoms with Crippen molar-refractivity contribution >= 4 is 25.9 Å². The fourth-order valence-electron chi connectivity index (χ4n) is 1.56. The maximum atomic E-state index is 5.83. The lowest BCUT2D eigenvalue weighted by Crippen LogP contribution is -2.38. The van der Waals surface area contributed by atoms with E-state index in [2.05, 4.69) is 39.3 Å². The van der Waals surface area contributed by atoms with E-state index in [0.717, 1.165) is 6.23 Å². The van der Waals surface area contributed by atoms with E-state index in [1.165, 1.54) is 5.67 Å². The molecule has 0 spiro atoms. The summed E-state index contributed by atoms with van der Waals surface area (Å²) in [5, 5.41) is 0. The van der Waals surface area contributed by atoms with Gasteiger partial charge in [0.05, 0.1) is 8.07 Å². The summed E-state index contributed by atoms with van der Waals surface area (Å²) >= 11 is 0. The van der Waals surface area contributed by atoms with Gasteiger partial charge in [0.2, 0.25) is 0 Å². The van der Waals surface area contributed by atoms with Crippen LogP contribution in [0, 0.1) is 0 Å². The van der Waals surface area contributed by atoms with E-state index in [1.807, 2.05) is 0 Å². The van der Waals surface area contributed by atoms with E-state index in [9.17, 15) is 0 Å². The zero-order valence-electron chi connectivity index (χ0n) is 9.48. The van der Waals surface area contributed by atoms with Gasteiger partial charge in [-0.15, -0.1) is 0 Å². The molecule has 0 atom stereocenters. The van der Waals surface area contributed by atoms with Gasteiger partial charge in [-0.05, 0) is 13.1 Å². The normalized spacial score (nSPS) is 13.0. The monoisotopic (exact) mass is 220 g/mol. The van der Waals surface area contributed by atoms with Gasteiger partial charge in [0, 0.05) is 15.0 Å². The Hall–Kier alpha value is 0.611. The fourth-order valence-corrected chi connectivity index (χ4v) is 14.0. The molecule has 0 amide bonds. The van der Waals surface area contributed by atoms with Crippen LogP contribution in [-0.2, 0) is 4.43 Å². The molecule has 0 aromatic carbocycles. The Kier molecular flexibility index (Phi) is 5.64. The minimum atomic E-state index is -0.955. The molecular weight excluding hydrogens is 196 g/mol. The number of rotatable bonds is 5. The number of hydrogen-bond acceptors (Lipinski definition) is 1. The Morgan fingerprint density at radius 3 is 1.92 bits per heavy atom. The lowest BCUT2D eigenvalue weighted by Gasteiger charge is -2.25. The van der Waals surface area contributed by atoms with Crippen molar-refractivity contribution in [2.24, 2.45) is 0 Å². The third kappa shape index (κ3) is 7.27. The largest absolute Gasteiger partial charge is 0.424 e. The van der Waals surface area contributed by atoms with Crippen LogP contribution in [0.15, 0.2) is 0 Å². The minimum Gasteiger partial charge on any atom is -0.424 e. The van der Waals surface area contributed by atoms with Gasteiger partial charge >= 0.3 is 0 Å². The Morgan fingerprint density at radius 1 is 1.08 bits per heavy atom. The summed E-state index contributed by atoms with van der Waals surface area (Å²) in [4.78, 5) is 0. The first-order chi connectivity index (χ1) is 5.33. The minimum absolute atomic E-state index is 0.361. The third-order valence-electron chi connectivity index (χ3n) is 1.77. The van der Waals surface area contributed by atoms with Crippen LogP contribution in [0.5, 0.6) is 0 Å². The highest BCUT2D eigenvalue weighted by Crippen LogP contribution is 2.12. The van der Waals surface area contributed by atoms with E-state index >= 15 is 0 Å². The molecule has 0 heterocycles. The second-order valence-corrected chi connectivity index (χ2v) is 16.6. The van der Waals surface area contributed by atoms with Crippen LogP contribution < -0.4 is 0 Å². The van der Waals surface area contributed by atoms with Crippen molar-refractivity contribution in [1.29, 1.82) is 0 Å². The second-order valence-electron chi connectivity index (χ2n) is 5.12. The van der Waals surface area contributed by atoms with Crippen molar-refractivity contribution in [3.05, 3.63) is 0 Å². The van der Waals surface area contributed by atoms with Gasteiger partial charge in [0.15, 0.2) is 9.04 Å². The molecule has 0 aromatic rings. The van der Waals surface area contributed by atoms with E-state index in [1.54, 1.807) is 0 Å². The molecule has 0 rings (SSSR count). The first-order valence-electron chi connectivity index (χ1n) is 4.95. The molecule has 0 bridgehead atoms. The second kappa shape index (κ2) is 5.36. The first-order valence-corrected chi connectivity index (χ1v) is 14.3. The topological polar surface area (TPSA) is 9.23 Å². The molecule has 0 radical (unpaired) electrons. The van der Waals surface area contributed by atoms with Crippen molar-refractivity contribution in [3.8, 4) is 0 Å². The summed E-state index contributed by atoms with van der Waals surface area (Å²) in [6, 6.07) is 0. The van der Waals surface area contributed by atoms with Crippen LogP contribution in [-0.4, -0.2) is 32.1 Å². The van der Waals surface area contributed by atoms with Crippen molar-refractivity contribution in [1.82, 2.24) is 0 Å². The Labute approximate surface area is 81.9 Å². The van der Waals surface area contributed by atoms with Gasteiger partial charge in [-0.1, -0.05) is 31.9 Å². The van der Waals surface area contributed by atoms with Gasteiger partial charge < -0.3 is 4.43 Å². The maximum Gasteiger partial charge on any atom is 0.170 e. The number of hydrogen-bond donors (Lipinski definition) is 0. The average molecular weight is 221 g/mol. The van der Waals surface area contributed by atoms with Gasteiger partial charge in [-0.25, -0.2) is 0 Å². The third-order valence-corrected chi connectivity index (χ3v) is 11.6. The van der Waals surface area contributed by atoms with Crippen molar-refractivity contribution in [2.75, 3.05) is 6.23 Å². The molecule has 1 nitrogen and oxygen atoms in total. The molecule has 0 aliphatic rings. The Bertz CT molecular complexity index is 123. The van der Waals surface area contributed by atoms with E-state index in [0.29, 0.717) is 0 Å². The first kappa shape index (κ1) is 12.6. The molecular formula is C8H24OSi3. The van der Waals surface area contributed by atoms with Crippen molar-refractivity contribution in [3.63, 3.8) is 0 Å². The van der Waals surface area contributed by atoms with Crippen LogP contribution in [0.3, 0.4) is 0 Å². The fraction of sp³-hybridized carbons (Fsp3) is 1.00. The Morgan fingerprint density at radius 2 is 1.58 bits per heavy atom. The van der Waals surface area contributed by atoms with Crippen molar-refractivity contribution in [2.45, 2.75) is 44.9 Å². The highest BCUT2D eigenvalue weighted by Gasteiger charge is 2.22. The smallest absolute Gasteiger partial charge is 0.170 e. The standard InChI is InChI=1S/C8H24OSi3/c1-10(2)8-12(5,6)7-9-11(3)4/h10-11H,7-8H2,1-6H3. The highest BCUT2D eigenvalue weighted by atomic mass is 28.4. The molecule has 0 N–H and O–H groups in total. The van der Waals surface area contributed by atoms with Crippen LogP contribution in [0.25, 0.3) is 0 Å². The van der Waals surface area contributed by atoms with Gasteiger partial charge in [-0.3, -0.25) is 0 Å². The maximum absolute atomic E-state index is 5.83. The molecule has 4 heteroatoms. The Balaban J connectivity index is 3.71. The SMILES string of the molecule is C[SiH](C)C[Si](C)(C)CO[SiH](C)C. The van der Waals surface area contributed by atoms with Crippen molar-refractivity contribution < 1.29 is 4.43 Å². The molecule has 12 heavy (non-hydrogen) atoms. The van der Waals surface area contributed by atoms with Gasteiger partial charge in [0.1, 0.15) is 0 Å². The average Bonchev–Trinajstić information content (AvgIpc) is 1.81. The summed E-state index contributed by atoms with van der Waals surface area (Å²) in [7, 11) is -2.08. The molecule has 0 unspecified atom stereocenters. The van der Waals surface area contributed by atoms with Gasteiger partial charge in [0.25, 0.3) is 0 Å². The predicted molar refractivity (Wildman–Crippen MR) is 66.0 cm³/mol. The zero-order valence-corrected chi connectivity index (χ0v) is 12.8. The molecule has 0 aliphatic carbocycles. The van der Waals surface area contributed by atoms with Crippen LogP contribution in [0.2, 0.25) is 44.9 Å². The summed E-state index contributed by atoms with van der Waals surface area (Å²) in [5.41, 5.74) is 1.54. The van der Waals surface area contributed by atoms with E-state index in [-0.39, 0.29) is 8.80 Å². The quantitative estimate of drug-likeness (QED) is 0.646. The molecule has 0 fully saturated rings. The molecule has 74 valence electrons. The predicted octanol–water partition coefficient (Wildman–Crippen LogP) is 2.26. The highest BCUT2D eigenvalue weighted by molar-refractivity contribution is 6.88. The zero-order chi connectivity index (χ0) is 9.78. The summed E-state index contributed by atoms with van der Waals surface area (Å²) in [6.45, 7) is 14.4. The molecule has 0 saturated carbocycles. The van der Waals surface area contributed by atoms with E-state index in [4.69, 9.17) is 4.43 Å². The van der Waals surface area contributed by atoms with E-state index < -0.39 is 17.1 Å². The summed E-state index contributed by atoms with van der Waals surface area (Å²) < 4.78 is 5.83.